The van der Waals surface area contributed by atoms with Gasteiger partial charge in [-0.05, 0) is 101 Å². The third-order valence-electron chi connectivity index (χ3n) is 5.66. The lowest BCUT2D eigenvalue weighted by molar-refractivity contribution is -0.113. The number of benzene rings is 4. The zero-order chi connectivity index (χ0) is 28.1. The van der Waals surface area contributed by atoms with Crippen molar-refractivity contribution in [2.24, 2.45) is 4.99 Å². The number of amides is 1. The van der Waals surface area contributed by atoms with E-state index in [1.807, 2.05) is 83.3 Å². The van der Waals surface area contributed by atoms with Crippen LogP contribution in [0.1, 0.15) is 12.5 Å². The minimum Gasteiger partial charge on any atom is -0.490 e. The Morgan fingerprint density at radius 2 is 1.55 bits per heavy atom. The summed E-state index contributed by atoms with van der Waals surface area (Å²) in [5.74, 6) is 0.135. The summed E-state index contributed by atoms with van der Waals surface area (Å²) in [4.78, 5) is 20.5. The number of halogens is 1. The van der Waals surface area contributed by atoms with E-state index in [2.05, 4.69) is 0 Å². The van der Waals surface area contributed by atoms with E-state index < -0.39 is 10.1 Å². The Bertz CT molecular complexity index is 1690. The summed E-state index contributed by atoms with van der Waals surface area (Å²) in [7, 11) is -4.08. The third-order valence-corrected chi connectivity index (χ3v) is 8.66. The Morgan fingerprint density at radius 1 is 0.925 bits per heavy atom. The van der Waals surface area contributed by atoms with Crippen molar-refractivity contribution < 1.29 is 22.1 Å². The maximum Gasteiger partial charge on any atom is 0.339 e. The molecule has 0 spiro atoms. The van der Waals surface area contributed by atoms with Crippen molar-refractivity contribution in [3.05, 3.63) is 117 Å². The fraction of sp³-hybridized carbons (Fsp3) is 0.0667. The van der Waals surface area contributed by atoms with Gasteiger partial charge in [-0.25, -0.2) is 4.99 Å². The molecule has 1 fully saturated rings. The van der Waals surface area contributed by atoms with Gasteiger partial charge in [0.25, 0.3) is 5.91 Å². The molecular weight excluding hydrogens is 659 g/mol. The molecule has 1 amide bonds. The molecule has 5 rings (SSSR count). The first-order valence-electron chi connectivity index (χ1n) is 12.2. The molecule has 0 bridgehead atoms. The molecular formula is C30H23IN2O5S2. The second-order valence-corrected chi connectivity index (χ2v) is 12.1. The SMILES string of the molecule is CCOc1cc(/C=C2/SC(=Nc3ccccc3)N(c3ccccc3)C2=O)cc(I)c1OS(=O)(=O)c1ccccc1. The number of rotatable bonds is 8. The number of aliphatic imine (C=N–C) groups is 1. The van der Waals surface area contributed by atoms with Crippen LogP contribution in [0.5, 0.6) is 11.5 Å². The molecule has 7 nitrogen and oxygen atoms in total. The van der Waals surface area contributed by atoms with Crippen LogP contribution in [0, 0.1) is 3.57 Å². The van der Waals surface area contributed by atoms with E-state index in [0.717, 1.165) is 5.69 Å². The Kier molecular flexibility index (Phi) is 8.57. The highest BCUT2D eigenvalue weighted by Gasteiger charge is 2.35. The van der Waals surface area contributed by atoms with Gasteiger partial charge in [-0.2, -0.15) is 8.42 Å². The maximum absolute atomic E-state index is 13.6. The van der Waals surface area contributed by atoms with Gasteiger partial charge in [-0.3, -0.25) is 9.69 Å². The standard InChI is InChI=1S/C30H23IN2O5S2/c1-2-37-26-19-21(18-25(31)28(26)38-40(35,36)24-16-10-5-11-17-24)20-27-29(34)33(23-14-8-4-9-15-23)30(39-27)32-22-12-6-3-7-13-22/h3-20H,2H2,1H3/b27-20+,32-30?. The fourth-order valence-electron chi connectivity index (χ4n) is 3.88. The minimum absolute atomic E-state index is 0.0404. The number of hydrogen-bond acceptors (Lipinski definition) is 7. The molecule has 0 aromatic heterocycles. The smallest absolute Gasteiger partial charge is 0.339 e. The first kappa shape index (κ1) is 27.9. The average molecular weight is 683 g/mol. The van der Waals surface area contributed by atoms with Gasteiger partial charge in [0.2, 0.25) is 0 Å². The topological polar surface area (TPSA) is 85.3 Å². The van der Waals surface area contributed by atoms with Gasteiger partial charge >= 0.3 is 10.1 Å². The highest BCUT2D eigenvalue weighted by Crippen LogP contribution is 2.40. The fourth-order valence-corrected chi connectivity index (χ4v) is 6.74. The molecule has 40 heavy (non-hydrogen) atoms. The molecule has 0 aliphatic carbocycles. The zero-order valence-corrected chi connectivity index (χ0v) is 25.0. The Morgan fingerprint density at radius 3 is 2.20 bits per heavy atom. The van der Waals surface area contributed by atoms with Crippen LogP contribution in [0.4, 0.5) is 11.4 Å². The second-order valence-electron chi connectivity index (χ2n) is 8.43. The van der Waals surface area contributed by atoms with Crippen LogP contribution in [0.25, 0.3) is 6.08 Å². The van der Waals surface area contributed by atoms with E-state index >= 15 is 0 Å². The number of carbonyl (C=O) groups excluding carboxylic acids is 1. The summed E-state index contributed by atoms with van der Waals surface area (Å²) in [6.45, 7) is 2.09. The molecule has 4 aromatic rings. The average Bonchev–Trinajstić information content (AvgIpc) is 3.26. The number of para-hydroxylation sites is 2. The van der Waals surface area contributed by atoms with Crippen molar-refractivity contribution in [1.29, 1.82) is 0 Å². The van der Waals surface area contributed by atoms with Gasteiger partial charge < -0.3 is 8.92 Å². The summed E-state index contributed by atoms with van der Waals surface area (Å²) >= 11 is 3.28. The third kappa shape index (κ3) is 6.24. The van der Waals surface area contributed by atoms with Crippen LogP contribution in [0.2, 0.25) is 0 Å². The van der Waals surface area contributed by atoms with E-state index in [1.54, 1.807) is 48.2 Å². The molecule has 1 aliphatic rings. The van der Waals surface area contributed by atoms with Gasteiger partial charge in [0.05, 0.1) is 26.5 Å². The number of thioether (sulfide) groups is 1. The van der Waals surface area contributed by atoms with Gasteiger partial charge in [0, 0.05) is 0 Å². The summed E-state index contributed by atoms with van der Waals surface area (Å²) in [5, 5.41) is 0.530. The summed E-state index contributed by atoms with van der Waals surface area (Å²) in [6.07, 6.45) is 1.75. The van der Waals surface area contributed by atoms with Crippen LogP contribution in [-0.2, 0) is 14.9 Å². The lowest BCUT2D eigenvalue weighted by Gasteiger charge is -2.15. The molecule has 1 saturated heterocycles. The lowest BCUT2D eigenvalue weighted by atomic mass is 10.2. The first-order valence-corrected chi connectivity index (χ1v) is 15.5. The van der Waals surface area contributed by atoms with Crippen molar-refractivity contribution in [2.45, 2.75) is 11.8 Å². The predicted octanol–water partition coefficient (Wildman–Crippen LogP) is 7.27. The van der Waals surface area contributed by atoms with Crippen LogP contribution in [0.15, 0.2) is 118 Å². The van der Waals surface area contributed by atoms with E-state index in [0.29, 0.717) is 31.5 Å². The molecule has 202 valence electrons. The summed E-state index contributed by atoms with van der Waals surface area (Å²) in [6, 6.07) is 30.1. The number of carbonyl (C=O) groups is 1. The Labute approximate surface area is 250 Å². The summed E-state index contributed by atoms with van der Waals surface area (Å²) < 4.78 is 37.6. The molecule has 1 aliphatic heterocycles. The molecule has 0 radical (unpaired) electrons. The van der Waals surface area contributed by atoms with Gasteiger partial charge in [0.15, 0.2) is 16.7 Å². The molecule has 0 atom stereocenters. The van der Waals surface area contributed by atoms with Crippen LogP contribution < -0.4 is 13.8 Å². The quantitative estimate of drug-likeness (QED) is 0.111. The van der Waals surface area contributed by atoms with Crippen molar-refractivity contribution >= 4 is 73.0 Å². The largest absolute Gasteiger partial charge is 0.490 e. The summed E-state index contributed by atoms with van der Waals surface area (Å²) in [5.41, 5.74) is 2.09. The Balaban J connectivity index is 1.52. The van der Waals surface area contributed by atoms with Gasteiger partial charge in [0.1, 0.15) is 4.90 Å². The van der Waals surface area contributed by atoms with Crippen molar-refractivity contribution in [1.82, 2.24) is 0 Å². The van der Waals surface area contributed by atoms with E-state index in [-0.39, 0.29) is 22.3 Å². The van der Waals surface area contributed by atoms with Crippen LogP contribution in [0.3, 0.4) is 0 Å². The Hall–Kier alpha value is -3.61. The number of anilines is 1. The maximum atomic E-state index is 13.6. The van der Waals surface area contributed by atoms with E-state index in [1.165, 1.54) is 23.9 Å². The van der Waals surface area contributed by atoms with Gasteiger partial charge in [-0.1, -0.05) is 54.6 Å². The second kappa shape index (κ2) is 12.3. The highest BCUT2D eigenvalue weighted by atomic mass is 127. The predicted molar refractivity (Wildman–Crippen MR) is 168 cm³/mol. The zero-order valence-electron chi connectivity index (χ0n) is 21.2. The van der Waals surface area contributed by atoms with Crippen molar-refractivity contribution in [3.8, 4) is 11.5 Å². The monoisotopic (exact) mass is 682 g/mol. The van der Waals surface area contributed by atoms with E-state index in [4.69, 9.17) is 13.9 Å². The highest BCUT2D eigenvalue weighted by molar-refractivity contribution is 14.1. The number of hydrogen-bond donors (Lipinski definition) is 0. The molecule has 0 unspecified atom stereocenters. The molecule has 4 aromatic carbocycles. The number of ether oxygens (including phenoxy) is 1. The molecule has 1 heterocycles. The minimum atomic E-state index is -4.08. The first-order chi connectivity index (χ1) is 19.4. The van der Waals surface area contributed by atoms with Crippen LogP contribution in [-0.4, -0.2) is 26.1 Å². The number of nitrogens with zero attached hydrogens (tertiary/aromatic N) is 2. The van der Waals surface area contributed by atoms with Crippen molar-refractivity contribution in [3.63, 3.8) is 0 Å². The van der Waals surface area contributed by atoms with Crippen LogP contribution >= 0.6 is 34.4 Å². The van der Waals surface area contributed by atoms with Crippen molar-refractivity contribution in [2.75, 3.05) is 11.5 Å². The molecule has 10 heteroatoms. The molecule has 0 N–H and O–H groups in total. The van der Waals surface area contributed by atoms with E-state index in [9.17, 15) is 13.2 Å². The molecule has 0 saturated carbocycles. The van der Waals surface area contributed by atoms with Gasteiger partial charge in [-0.15, -0.1) is 0 Å². The lowest BCUT2D eigenvalue weighted by Crippen LogP contribution is -2.28. The normalized spacial score (nSPS) is 15.6. The number of amidine groups is 1.